The van der Waals surface area contributed by atoms with Crippen molar-refractivity contribution in [2.75, 3.05) is 14.2 Å². The second-order valence-corrected chi connectivity index (χ2v) is 7.54. The first-order valence-corrected chi connectivity index (χ1v) is 9.11. The molecule has 0 bridgehead atoms. The lowest BCUT2D eigenvalue weighted by Gasteiger charge is -2.09. The molecule has 0 saturated heterocycles. The smallest absolute Gasteiger partial charge is 0.218 e. The topological polar surface area (TPSA) is 76.4 Å². The standard InChI is InChI=1S/C17H13Cl2NO4S/c1-23-13-5-3-11(16(9-13)24-2)7-14(10-20)25(21,22)17-8-12(18)4-6-15(17)19/h3-9H,1-2H3/b14-7-. The molecule has 0 N–H and O–H groups in total. The molecule has 0 atom stereocenters. The number of halogens is 2. The molecular weight excluding hydrogens is 385 g/mol. The molecule has 5 nitrogen and oxygen atoms in total. The molecule has 0 spiro atoms. The van der Waals surface area contributed by atoms with Gasteiger partial charge in [0.2, 0.25) is 9.84 Å². The highest BCUT2D eigenvalue weighted by atomic mass is 35.5. The van der Waals surface area contributed by atoms with Crippen LogP contribution in [0, 0.1) is 11.3 Å². The molecular formula is C17H13Cl2NO4S. The Morgan fingerprint density at radius 2 is 1.84 bits per heavy atom. The third-order valence-corrected chi connectivity index (χ3v) is 5.69. The summed E-state index contributed by atoms with van der Waals surface area (Å²) in [4.78, 5) is -0.720. The highest BCUT2D eigenvalue weighted by molar-refractivity contribution is 7.95. The number of hydrogen-bond acceptors (Lipinski definition) is 5. The Hall–Kier alpha value is -2.20. The van der Waals surface area contributed by atoms with Gasteiger partial charge in [0.1, 0.15) is 22.5 Å². The first-order chi connectivity index (χ1) is 11.8. The van der Waals surface area contributed by atoms with Gasteiger partial charge in [-0.1, -0.05) is 23.2 Å². The van der Waals surface area contributed by atoms with Gasteiger partial charge in [0, 0.05) is 16.7 Å². The van der Waals surface area contributed by atoms with Crippen molar-refractivity contribution in [2.45, 2.75) is 4.90 Å². The maximum absolute atomic E-state index is 12.8. The predicted molar refractivity (Wildman–Crippen MR) is 96.8 cm³/mol. The Labute approximate surface area is 155 Å². The summed E-state index contributed by atoms with van der Waals surface area (Å²) >= 11 is 11.8. The van der Waals surface area contributed by atoms with Gasteiger partial charge in [0.15, 0.2) is 0 Å². The predicted octanol–water partition coefficient (Wildman–Crippen LogP) is 4.35. The molecule has 0 aliphatic carbocycles. The normalized spacial score (nSPS) is 11.7. The van der Waals surface area contributed by atoms with Crippen LogP contribution in [0.15, 0.2) is 46.2 Å². The Morgan fingerprint density at radius 3 is 2.44 bits per heavy atom. The van der Waals surface area contributed by atoms with E-state index in [2.05, 4.69) is 0 Å². The van der Waals surface area contributed by atoms with Crippen LogP contribution in [0.1, 0.15) is 5.56 Å². The number of rotatable bonds is 5. The molecule has 0 amide bonds. The molecule has 0 heterocycles. The number of sulfone groups is 1. The summed E-state index contributed by atoms with van der Waals surface area (Å²) in [5.41, 5.74) is 0.404. The average Bonchev–Trinajstić information content (AvgIpc) is 2.61. The van der Waals surface area contributed by atoms with Crippen molar-refractivity contribution < 1.29 is 17.9 Å². The highest BCUT2D eigenvalue weighted by Gasteiger charge is 2.24. The van der Waals surface area contributed by atoms with Gasteiger partial charge in [-0.15, -0.1) is 0 Å². The third kappa shape index (κ3) is 4.07. The van der Waals surface area contributed by atoms with Crippen LogP contribution in [-0.2, 0) is 9.84 Å². The van der Waals surface area contributed by atoms with E-state index in [1.807, 2.05) is 0 Å². The lowest BCUT2D eigenvalue weighted by molar-refractivity contribution is 0.394. The van der Waals surface area contributed by atoms with E-state index in [4.69, 9.17) is 32.7 Å². The van der Waals surface area contributed by atoms with E-state index >= 15 is 0 Å². The third-order valence-electron chi connectivity index (χ3n) is 3.31. The number of hydrogen-bond donors (Lipinski definition) is 0. The summed E-state index contributed by atoms with van der Waals surface area (Å²) in [7, 11) is -1.22. The van der Waals surface area contributed by atoms with Crippen LogP contribution in [0.2, 0.25) is 10.0 Å². The monoisotopic (exact) mass is 397 g/mol. The minimum Gasteiger partial charge on any atom is -0.497 e. The second kappa shape index (κ2) is 7.79. The number of benzene rings is 2. The summed E-state index contributed by atoms with van der Waals surface area (Å²) in [6, 6.07) is 10.5. The second-order valence-electron chi connectivity index (χ2n) is 4.81. The van der Waals surface area contributed by atoms with Crippen molar-refractivity contribution in [3.8, 4) is 17.6 Å². The van der Waals surface area contributed by atoms with E-state index in [0.717, 1.165) is 0 Å². The highest BCUT2D eigenvalue weighted by Crippen LogP contribution is 2.32. The van der Waals surface area contributed by atoms with Gasteiger partial charge < -0.3 is 9.47 Å². The van der Waals surface area contributed by atoms with Crippen molar-refractivity contribution in [3.63, 3.8) is 0 Å². The van der Waals surface area contributed by atoms with Crippen LogP contribution in [0.5, 0.6) is 11.5 Å². The zero-order valence-electron chi connectivity index (χ0n) is 13.3. The summed E-state index contributed by atoms with van der Waals surface area (Å²) in [5, 5.41) is 9.55. The maximum Gasteiger partial charge on any atom is 0.218 e. The fourth-order valence-corrected chi connectivity index (χ4v) is 3.96. The molecule has 0 aromatic heterocycles. The number of allylic oxidation sites excluding steroid dienone is 1. The largest absolute Gasteiger partial charge is 0.497 e. The summed E-state index contributed by atoms with van der Waals surface area (Å²) in [5.74, 6) is 0.896. The maximum atomic E-state index is 12.8. The number of methoxy groups -OCH3 is 2. The van der Waals surface area contributed by atoms with Gasteiger partial charge in [-0.25, -0.2) is 8.42 Å². The molecule has 0 fully saturated rings. The number of nitriles is 1. The fourth-order valence-electron chi connectivity index (χ4n) is 2.05. The molecule has 2 aromatic rings. The molecule has 25 heavy (non-hydrogen) atoms. The average molecular weight is 398 g/mol. The van der Waals surface area contributed by atoms with Gasteiger partial charge in [0.05, 0.1) is 24.1 Å². The van der Waals surface area contributed by atoms with Gasteiger partial charge >= 0.3 is 0 Å². The lowest BCUT2D eigenvalue weighted by atomic mass is 10.2. The number of ether oxygens (including phenoxy) is 2. The van der Waals surface area contributed by atoms with E-state index in [1.54, 1.807) is 24.3 Å². The van der Waals surface area contributed by atoms with Crippen LogP contribution in [0.25, 0.3) is 6.08 Å². The van der Waals surface area contributed by atoms with Crippen molar-refractivity contribution in [1.29, 1.82) is 5.26 Å². The zero-order valence-corrected chi connectivity index (χ0v) is 15.6. The Balaban J connectivity index is 2.61. The Kier molecular flexibility index (Phi) is 5.96. The van der Waals surface area contributed by atoms with E-state index in [1.165, 1.54) is 38.5 Å². The molecule has 2 rings (SSSR count). The Morgan fingerprint density at radius 1 is 1.12 bits per heavy atom. The van der Waals surface area contributed by atoms with Gasteiger partial charge in [-0.3, -0.25) is 0 Å². The van der Waals surface area contributed by atoms with Gasteiger partial charge in [0.25, 0.3) is 0 Å². The Bertz CT molecular complexity index is 979. The first kappa shape index (κ1) is 19.1. The summed E-state index contributed by atoms with van der Waals surface area (Å²) in [6.07, 6.45) is 1.21. The molecule has 130 valence electrons. The molecule has 0 aliphatic rings. The molecule has 0 unspecified atom stereocenters. The van der Waals surface area contributed by atoms with Crippen molar-refractivity contribution in [1.82, 2.24) is 0 Å². The van der Waals surface area contributed by atoms with Gasteiger partial charge in [-0.2, -0.15) is 5.26 Å². The molecule has 8 heteroatoms. The first-order valence-electron chi connectivity index (χ1n) is 6.87. The molecule has 0 aliphatic heterocycles. The van der Waals surface area contributed by atoms with E-state index in [-0.39, 0.29) is 14.9 Å². The van der Waals surface area contributed by atoms with Crippen LogP contribution in [-0.4, -0.2) is 22.6 Å². The quantitative estimate of drug-likeness (QED) is 0.700. The van der Waals surface area contributed by atoms with Crippen LogP contribution < -0.4 is 9.47 Å². The van der Waals surface area contributed by atoms with E-state index in [0.29, 0.717) is 17.1 Å². The van der Waals surface area contributed by atoms with Crippen molar-refractivity contribution in [3.05, 3.63) is 56.9 Å². The van der Waals surface area contributed by atoms with Gasteiger partial charge in [-0.05, 0) is 36.4 Å². The fraction of sp³-hybridized carbons (Fsp3) is 0.118. The van der Waals surface area contributed by atoms with E-state index in [9.17, 15) is 13.7 Å². The van der Waals surface area contributed by atoms with Crippen LogP contribution in [0.3, 0.4) is 0 Å². The molecule has 0 saturated carbocycles. The van der Waals surface area contributed by atoms with E-state index < -0.39 is 14.7 Å². The summed E-state index contributed by atoms with van der Waals surface area (Å²) in [6.45, 7) is 0. The van der Waals surface area contributed by atoms with Crippen LogP contribution in [0.4, 0.5) is 0 Å². The minimum atomic E-state index is -4.15. The molecule has 2 aromatic carbocycles. The minimum absolute atomic E-state index is 0.0211. The summed E-state index contributed by atoms with van der Waals surface area (Å²) < 4.78 is 35.8. The van der Waals surface area contributed by atoms with Crippen molar-refractivity contribution >= 4 is 39.1 Å². The zero-order chi connectivity index (χ0) is 18.6. The van der Waals surface area contributed by atoms with Crippen LogP contribution >= 0.6 is 23.2 Å². The number of nitrogens with zero attached hydrogens (tertiary/aromatic N) is 1. The SMILES string of the molecule is COc1ccc(/C=C(/C#N)S(=O)(=O)c2cc(Cl)ccc2Cl)c(OC)c1. The lowest BCUT2D eigenvalue weighted by Crippen LogP contribution is -2.04. The molecule has 0 radical (unpaired) electrons. The van der Waals surface area contributed by atoms with Crippen molar-refractivity contribution in [2.24, 2.45) is 0 Å².